The van der Waals surface area contributed by atoms with Crippen molar-refractivity contribution in [3.05, 3.63) is 108 Å². The van der Waals surface area contributed by atoms with Crippen LogP contribution in [0.15, 0.2) is 91.0 Å². The summed E-state index contributed by atoms with van der Waals surface area (Å²) in [4.78, 5) is 49.9. The van der Waals surface area contributed by atoms with Gasteiger partial charge in [-0.1, -0.05) is 54.6 Å². The number of benzene rings is 3. The molecule has 10 heteroatoms. The molecule has 0 aromatic heterocycles. The molecule has 1 aliphatic rings. The van der Waals surface area contributed by atoms with Crippen molar-refractivity contribution in [2.45, 2.75) is 31.3 Å². The fourth-order valence-corrected chi connectivity index (χ4v) is 3.70. The van der Waals surface area contributed by atoms with E-state index in [2.05, 4.69) is 0 Å². The molecule has 1 heterocycles. The number of rotatable bonds is 8. The second-order valence-corrected chi connectivity index (χ2v) is 8.25. The van der Waals surface area contributed by atoms with Gasteiger partial charge in [-0.15, -0.1) is 0 Å². The maximum Gasteiger partial charge on any atom is 0.338 e. The minimum atomic E-state index is -3.05. The number of hydrogen-bond donors (Lipinski definition) is 0. The third kappa shape index (κ3) is 6.22. The van der Waals surface area contributed by atoms with Gasteiger partial charge in [0, 0.05) is 6.92 Å². The van der Waals surface area contributed by atoms with Crippen LogP contribution in [0.5, 0.6) is 0 Å². The fraction of sp³-hybridized carbons (Fsp3) is 0.214. The van der Waals surface area contributed by atoms with Crippen LogP contribution in [0.25, 0.3) is 0 Å². The van der Waals surface area contributed by atoms with Crippen molar-refractivity contribution in [2.75, 3.05) is 6.61 Å². The molecule has 0 amide bonds. The van der Waals surface area contributed by atoms with Crippen LogP contribution in [0, 0.1) is 0 Å². The van der Waals surface area contributed by atoms with E-state index in [0.717, 1.165) is 6.92 Å². The zero-order chi connectivity index (χ0) is 27.1. The maximum absolute atomic E-state index is 16.4. The summed E-state index contributed by atoms with van der Waals surface area (Å²) in [5.74, 6) is -6.69. The molecule has 0 radical (unpaired) electrons. The largest absolute Gasteiger partial charge is 0.456 e. The number of ether oxygens (including phenoxy) is 5. The number of carbonyl (C=O) groups excluding carboxylic acids is 4. The molecule has 1 aliphatic heterocycles. The lowest BCUT2D eigenvalue weighted by molar-refractivity contribution is -0.241. The molecular weight excluding hydrogens is 499 g/mol. The predicted octanol–water partition coefficient (Wildman–Crippen LogP) is 3.88. The summed E-state index contributed by atoms with van der Waals surface area (Å²) in [7, 11) is 0. The molecule has 3 aromatic carbocycles. The van der Waals surface area contributed by atoms with E-state index in [0.29, 0.717) is 0 Å². The van der Waals surface area contributed by atoms with E-state index < -0.39 is 54.8 Å². The molecule has 0 unspecified atom stereocenters. The summed E-state index contributed by atoms with van der Waals surface area (Å²) in [6.07, 6.45) is -5.52. The van der Waals surface area contributed by atoms with Crippen molar-refractivity contribution in [2.24, 2.45) is 0 Å². The van der Waals surface area contributed by atoms with Gasteiger partial charge in [-0.25, -0.2) is 18.8 Å². The van der Waals surface area contributed by atoms with Crippen molar-refractivity contribution in [3.8, 4) is 0 Å². The average Bonchev–Trinajstić information content (AvgIpc) is 3.18. The molecule has 0 spiro atoms. The van der Waals surface area contributed by atoms with E-state index in [1.165, 1.54) is 36.4 Å². The lowest BCUT2D eigenvalue weighted by atomic mass is 10.1. The summed E-state index contributed by atoms with van der Waals surface area (Å²) in [6, 6.07) is 23.2. The van der Waals surface area contributed by atoms with Crippen molar-refractivity contribution >= 4 is 23.9 Å². The quantitative estimate of drug-likeness (QED) is 0.321. The van der Waals surface area contributed by atoms with Gasteiger partial charge >= 0.3 is 23.9 Å². The molecule has 38 heavy (non-hydrogen) atoms. The Hall–Kier alpha value is -4.57. The van der Waals surface area contributed by atoms with E-state index in [1.54, 1.807) is 54.6 Å². The monoisotopic (exact) mass is 522 g/mol. The second kappa shape index (κ2) is 11.7. The smallest absolute Gasteiger partial charge is 0.338 e. The molecule has 3 aromatic rings. The van der Waals surface area contributed by atoms with Gasteiger partial charge in [0.05, 0.1) is 16.7 Å². The summed E-state index contributed by atoms with van der Waals surface area (Å²) >= 11 is 0. The molecule has 4 rings (SSSR count). The Bertz CT molecular complexity index is 1280. The highest BCUT2D eigenvalue weighted by Gasteiger charge is 2.63. The molecule has 0 aliphatic carbocycles. The van der Waals surface area contributed by atoms with E-state index >= 15 is 4.39 Å². The number of halogens is 1. The number of esters is 4. The number of hydrogen-bond acceptors (Lipinski definition) is 9. The molecule has 0 N–H and O–H groups in total. The molecule has 1 fully saturated rings. The fourth-order valence-electron chi connectivity index (χ4n) is 3.70. The Morgan fingerprint density at radius 2 is 1.16 bits per heavy atom. The maximum atomic E-state index is 16.4. The summed E-state index contributed by atoms with van der Waals surface area (Å²) in [5.41, 5.74) is 0.310. The Kier molecular flexibility index (Phi) is 8.12. The standard InChI is InChI=1S/C28H23FO9/c1-18(30)35-27-22(36-25(32)20-13-7-3-8-14-20)23(37-26(33)21-15-9-4-10-16-21)28(29,38-27)17-34-24(31)19-11-5-2-6-12-19/h2-16,22-23,27H,17H2,1H3/t22-,23+,27-,28-/m1/s1. The normalized spacial score (nSPS) is 22.2. The highest BCUT2D eigenvalue weighted by atomic mass is 19.2. The Morgan fingerprint density at radius 3 is 1.63 bits per heavy atom. The van der Waals surface area contributed by atoms with Gasteiger partial charge in [0.2, 0.25) is 18.5 Å². The van der Waals surface area contributed by atoms with Gasteiger partial charge in [0.15, 0.2) is 6.61 Å². The third-order valence-corrected chi connectivity index (χ3v) is 5.49. The number of alkyl halides is 1. The van der Waals surface area contributed by atoms with Crippen LogP contribution in [0.3, 0.4) is 0 Å². The zero-order valence-electron chi connectivity index (χ0n) is 20.2. The van der Waals surface area contributed by atoms with Crippen LogP contribution in [-0.4, -0.2) is 54.8 Å². The highest BCUT2D eigenvalue weighted by molar-refractivity contribution is 5.91. The van der Waals surface area contributed by atoms with E-state index in [9.17, 15) is 19.2 Å². The number of carbonyl (C=O) groups is 4. The van der Waals surface area contributed by atoms with Crippen LogP contribution in [-0.2, 0) is 28.5 Å². The Morgan fingerprint density at radius 1 is 0.711 bits per heavy atom. The molecule has 1 saturated heterocycles. The topological polar surface area (TPSA) is 114 Å². The van der Waals surface area contributed by atoms with Gasteiger partial charge in [0.1, 0.15) is 0 Å². The summed E-state index contributed by atoms with van der Waals surface area (Å²) < 4.78 is 42.7. The van der Waals surface area contributed by atoms with Crippen LogP contribution in [0.2, 0.25) is 0 Å². The highest BCUT2D eigenvalue weighted by Crippen LogP contribution is 2.39. The Balaban J connectivity index is 1.64. The van der Waals surface area contributed by atoms with Crippen LogP contribution in [0.1, 0.15) is 38.0 Å². The van der Waals surface area contributed by atoms with Crippen molar-refractivity contribution in [1.82, 2.24) is 0 Å². The summed E-state index contributed by atoms with van der Waals surface area (Å²) in [6.45, 7) is -0.0251. The van der Waals surface area contributed by atoms with Gasteiger partial charge in [-0.3, -0.25) is 9.53 Å². The van der Waals surface area contributed by atoms with Crippen molar-refractivity contribution in [3.63, 3.8) is 0 Å². The molecular formula is C28H23FO9. The molecule has 196 valence electrons. The van der Waals surface area contributed by atoms with E-state index in [4.69, 9.17) is 23.7 Å². The first-order valence-corrected chi connectivity index (χ1v) is 11.5. The predicted molar refractivity (Wildman–Crippen MR) is 128 cm³/mol. The first-order valence-electron chi connectivity index (χ1n) is 11.5. The van der Waals surface area contributed by atoms with Crippen LogP contribution in [0.4, 0.5) is 4.39 Å². The van der Waals surface area contributed by atoms with Gasteiger partial charge in [0.25, 0.3) is 5.85 Å². The van der Waals surface area contributed by atoms with Gasteiger partial charge in [-0.05, 0) is 36.4 Å². The third-order valence-electron chi connectivity index (χ3n) is 5.49. The SMILES string of the molecule is CC(=O)O[C@@H]1O[C@](F)(COC(=O)c2ccccc2)[C@@H](OC(=O)c2ccccc2)[C@H]1OC(=O)c1ccccc1. The second-order valence-electron chi connectivity index (χ2n) is 8.25. The molecule has 0 saturated carbocycles. The van der Waals surface area contributed by atoms with E-state index in [1.807, 2.05) is 0 Å². The van der Waals surface area contributed by atoms with Crippen LogP contribution < -0.4 is 0 Å². The minimum Gasteiger partial charge on any atom is -0.456 e. The average molecular weight is 522 g/mol. The summed E-state index contributed by atoms with van der Waals surface area (Å²) in [5, 5.41) is 0. The first kappa shape index (κ1) is 26.5. The molecule has 4 atom stereocenters. The van der Waals surface area contributed by atoms with Gasteiger partial charge in [-0.2, -0.15) is 0 Å². The molecule has 0 bridgehead atoms. The van der Waals surface area contributed by atoms with Gasteiger partial charge < -0.3 is 18.9 Å². The minimum absolute atomic E-state index is 0.0696. The molecule has 9 nitrogen and oxygen atoms in total. The van der Waals surface area contributed by atoms with E-state index in [-0.39, 0.29) is 16.7 Å². The van der Waals surface area contributed by atoms with Crippen molar-refractivity contribution < 1.29 is 47.3 Å². The lowest BCUT2D eigenvalue weighted by Crippen LogP contribution is -2.48. The zero-order valence-corrected chi connectivity index (χ0v) is 20.2. The van der Waals surface area contributed by atoms with Crippen LogP contribution >= 0.6 is 0 Å². The lowest BCUT2D eigenvalue weighted by Gasteiger charge is -2.27. The Labute approximate surface area is 217 Å². The van der Waals surface area contributed by atoms with Crippen molar-refractivity contribution in [1.29, 1.82) is 0 Å². The first-order chi connectivity index (χ1) is 18.3.